The zero-order chi connectivity index (χ0) is 21.3. The molecule has 0 radical (unpaired) electrons. The highest BCUT2D eigenvalue weighted by Gasteiger charge is 2.26. The minimum atomic E-state index is -3.95. The molecule has 0 aliphatic heterocycles. The third kappa shape index (κ3) is 3.85. The largest absolute Gasteiger partial charge is 0.494 e. The Bertz CT molecular complexity index is 1180. The van der Waals surface area contributed by atoms with Crippen LogP contribution < -0.4 is 10.1 Å². The van der Waals surface area contributed by atoms with E-state index in [0.29, 0.717) is 29.6 Å². The number of halogens is 1. The molecule has 1 amide bonds. The molecule has 0 aliphatic rings. The molecule has 0 bridgehead atoms. The fourth-order valence-corrected chi connectivity index (χ4v) is 4.98. The Morgan fingerprint density at radius 1 is 1.17 bits per heavy atom. The molecule has 1 N–H and O–H groups in total. The fraction of sp³-hybridized carbons (Fsp3) is 0.286. The number of nitrogens with zero attached hydrogens (tertiary/aromatic N) is 1. The van der Waals surface area contributed by atoms with E-state index >= 15 is 0 Å². The van der Waals surface area contributed by atoms with Crippen LogP contribution in [-0.4, -0.2) is 32.0 Å². The first-order chi connectivity index (χ1) is 13.7. The van der Waals surface area contributed by atoms with E-state index in [1.807, 2.05) is 6.92 Å². The summed E-state index contributed by atoms with van der Waals surface area (Å²) in [6.07, 6.45) is 0.396. The molecule has 6 nitrogen and oxygen atoms in total. The van der Waals surface area contributed by atoms with E-state index in [1.165, 1.54) is 42.3 Å². The highest BCUT2D eigenvalue weighted by Crippen LogP contribution is 2.34. The van der Waals surface area contributed by atoms with E-state index in [-0.39, 0.29) is 22.1 Å². The number of carbonyl (C=O) groups is 1. The molecule has 29 heavy (non-hydrogen) atoms. The van der Waals surface area contributed by atoms with Crippen molar-refractivity contribution in [2.45, 2.75) is 32.1 Å². The summed E-state index contributed by atoms with van der Waals surface area (Å²) < 4.78 is 47.5. The van der Waals surface area contributed by atoms with Gasteiger partial charge in [0.15, 0.2) is 11.6 Å². The summed E-state index contributed by atoms with van der Waals surface area (Å²) in [4.78, 5) is 11.3. The Balaban J connectivity index is 2.25. The number of benzene rings is 2. The Morgan fingerprint density at radius 2 is 1.83 bits per heavy atom. The van der Waals surface area contributed by atoms with Crippen molar-refractivity contribution in [1.82, 2.24) is 9.29 Å². The third-order valence-electron chi connectivity index (χ3n) is 4.86. The quantitative estimate of drug-likeness (QED) is 0.666. The van der Waals surface area contributed by atoms with Gasteiger partial charge in [-0.3, -0.25) is 4.79 Å². The van der Waals surface area contributed by atoms with Crippen molar-refractivity contribution in [2.75, 3.05) is 13.7 Å². The molecular weight excluding hydrogens is 395 g/mol. The number of aryl methyl sites for hydroxylation is 1. The Hall–Kier alpha value is -2.87. The summed E-state index contributed by atoms with van der Waals surface area (Å²) in [5.41, 5.74) is 2.35. The van der Waals surface area contributed by atoms with Gasteiger partial charge in [-0.25, -0.2) is 16.8 Å². The number of rotatable bonds is 6. The Morgan fingerprint density at radius 3 is 2.41 bits per heavy atom. The van der Waals surface area contributed by atoms with E-state index in [0.717, 1.165) is 5.56 Å². The normalized spacial score (nSPS) is 11.6. The predicted octanol–water partition coefficient (Wildman–Crippen LogP) is 3.32. The summed E-state index contributed by atoms with van der Waals surface area (Å²) >= 11 is 0. The standard InChI is InChI=1S/C21H23FN2O4S/c1-13-5-7-16(8-6-13)29(26,27)24-14(2)17(9-10-23-15(3)25)18-11-21(28-4)19(22)12-20(18)24/h5-8,11-12H,9-10H2,1-4H3,(H,23,25). The van der Waals surface area contributed by atoms with Gasteiger partial charge < -0.3 is 10.1 Å². The summed E-state index contributed by atoms with van der Waals surface area (Å²) in [5, 5.41) is 3.28. The maximum atomic E-state index is 14.5. The van der Waals surface area contributed by atoms with E-state index in [1.54, 1.807) is 19.1 Å². The molecule has 8 heteroatoms. The molecule has 0 spiro atoms. The van der Waals surface area contributed by atoms with E-state index in [2.05, 4.69) is 5.32 Å². The SMILES string of the molecule is COc1cc2c(CCNC(C)=O)c(C)n(S(=O)(=O)c3ccc(C)cc3)c2cc1F. The monoisotopic (exact) mass is 418 g/mol. The molecule has 0 fully saturated rings. The molecule has 1 heterocycles. The maximum absolute atomic E-state index is 14.5. The second-order valence-electron chi connectivity index (χ2n) is 6.88. The van der Waals surface area contributed by atoms with Crippen molar-refractivity contribution < 1.29 is 22.3 Å². The van der Waals surface area contributed by atoms with Crippen molar-refractivity contribution >= 4 is 26.8 Å². The van der Waals surface area contributed by atoms with Crippen LogP contribution in [0.4, 0.5) is 4.39 Å². The number of methoxy groups -OCH3 is 1. The predicted molar refractivity (Wildman–Crippen MR) is 109 cm³/mol. The molecule has 0 saturated carbocycles. The van der Waals surface area contributed by atoms with Gasteiger partial charge in [0.05, 0.1) is 17.5 Å². The van der Waals surface area contributed by atoms with Crippen LogP contribution in [-0.2, 0) is 21.2 Å². The van der Waals surface area contributed by atoms with Gasteiger partial charge in [0, 0.05) is 30.6 Å². The van der Waals surface area contributed by atoms with Crippen LogP contribution >= 0.6 is 0 Å². The first-order valence-electron chi connectivity index (χ1n) is 9.11. The molecule has 154 valence electrons. The molecular formula is C21H23FN2O4S. The number of ether oxygens (including phenoxy) is 1. The summed E-state index contributed by atoms with van der Waals surface area (Å²) in [5.74, 6) is -0.795. The topological polar surface area (TPSA) is 77.4 Å². The average molecular weight is 418 g/mol. The lowest BCUT2D eigenvalue weighted by Crippen LogP contribution is -2.22. The maximum Gasteiger partial charge on any atom is 0.268 e. The van der Waals surface area contributed by atoms with Gasteiger partial charge in [-0.2, -0.15) is 0 Å². The van der Waals surface area contributed by atoms with Crippen LogP contribution in [0.3, 0.4) is 0 Å². The fourth-order valence-electron chi connectivity index (χ4n) is 3.41. The van der Waals surface area contributed by atoms with Crippen molar-refractivity contribution in [3.63, 3.8) is 0 Å². The van der Waals surface area contributed by atoms with Gasteiger partial charge in [0.2, 0.25) is 5.91 Å². The van der Waals surface area contributed by atoms with Crippen molar-refractivity contribution in [3.05, 3.63) is 59.0 Å². The second kappa shape index (κ2) is 7.87. The minimum absolute atomic E-state index is 0.0307. The molecule has 2 aromatic carbocycles. The van der Waals surface area contributed by atoms with Crippen molar-refractivity contribution in [1.29, 1.82) is 0 Å². The van der Waals surface area contributed by atoms with Gasteiger partial charge in [0.1, 0.15) is 0 Å². The van der Waals surface area contributed by atoms with Crippen LogP contribution in [0.1, 0.15) is 23.7 Å². The first-order valence-corrected chi connectivity index (χ1v) is 10.5. The van der Waals surface area contributed by atoms with Gasteiger partial charge in [-0.15, -0.1) is 0 Å². The molecule has 3 aromatic rings. The number of amides is 1. The van der Waals surface area contributed by atoms with Crippen molar-refractivity contribution in [3.8, 4) is 5.75 Å². The van der Waals surface area contributed by atoms with Gasteiger partial charge in [-0.05, 0) is 44.0 Å². The molecule has 0 saturated heterocycles. The Labute approximate surface area is 169 Å². The summed E-state index contributed by atoms with van der Waals surface area (Å²) in [7, 11) is -2.59. The van der Waals surface area contributed by atoms with Crippen molar-refractivity contribution in [2.24, 2.45) is 0 Å². The number of fused-ring (bicyclic) bond motifs is 1. The van der Waals surface area contributed by atoms with Crippen LogP contribution in [0.15, 0.2) is 41.3 Å². The van der Waals surface area contributed by atoms with Crippen LogP contribution in [0, 0.1) is 19.7 Å². The highest BCUT2D eigenvalue weighted by atomic mass is 32.2. The zero-order valence-corrected chi connectivity index (χ0v) is 17.6. The molecule has 0 atom stereocenters. The minimum Gasteiger partial charge on any atom is -0.494 e. The Kier molecular flexibility index (Phi) is 5.66. The van der Waals surface area contributed by atoms with E-state index in [9.17, 15) is 17.6 Å². The number of carbonyl (C=O) groups excluding carboxylic acids is 1. The molecule has 0 aliphatic carbocycles. The lowest BCUT2D eigenvalue weighted by molar-refractivity contribution is -0.118. The summed E-state index contributed by atoms with van der Waals surface area (Å²) in [6.45, 7) is 5.30. The lowest BCUT2D eigenvalue weighted by Gasteiger charge is -2.11. The molecule has 0 unspecified atom stereocenters. The molecule has 3 rings (SSSR count). The van der Waals surface area contributed by atoms with Crippen LogP contribution in [0.2, 0.25) is 0 Å². The number of aromatic nitrogens is 1. The zero-order valence-electron chi connectivity index (χ0n) is 16.7. The van der Waals surface area contributed by atoms with Crippen LogP contribution in [0.5, 0.6) is 5.75 Å². The van der Waals surface area contributed by atoms with E-state index in [4.69, 9.17) is 4.74 Å². The van der Waals surface area contributed by atoms with Gasteiger partial charge in [0.25, 0.3) is 10.0 Å². The highest BCUT2D eigenvalue weighted by molar-refractivity contribution is 7.90. The number of nitrogens with one attached hydrogen (secondary N) is 1. The number of hydrogen-bond acceptors (Lipinski definition) is 4. The smallest absolute Gasteiger partial charge is 0.268 e. The summed E-state index contributed by atoms with van der Waals surface area (Å²) in [6, 6.07) is 9.18. The third-order valence-corrected chi connectivity index (χ3v) is 6.68. The van der Waals surface area contributed by atoms with Crippen LogP contribution in [0.25, 0.3) is 10.9 Å². The lowest BCUT2D eigenvalue weighted by atomic mass is 10.1. The van der Waals surface area contributed by atoms with Gasteiger partial charge >= 0.3 is 0 Å². The first kappa shape index (κ1) is 20.9. The average Bonchev–Trinajstić information content (AvgIpc) is 2.92. The van der Waals surface area contributed by atoms with E-state index < -0.39 is 15.8 Å². The second-order valence-corrected chi connectivity index (χ2v) is 8.67. The van der Waals surface area contributed by atoms with Gasteiger partial charge in [-0.1, -0.05) is 17.7 Å². The molecule has 1 aromatic heterocycles. The number of hydrogen-bond donors (Lipinski definition) is 1.